The Hall–Kier alpha value is -2.87. The van der Waals surface area contributed by atoms with E-state index >= 15 is 0 Å². The third-order valence-corrected chi connectivity index (χ3v) is 6.70. The van der Waals surface area contributed by atoms with Crippen LogP contribution in [0.2, 0.25) is 0 Å². The van der Waals surface area contributed by atoms with Crippen LogP contribution in [0, 0.1) is 20.8 Å². The number of aromatic nitrogens is 4. The van der Waals surface area contributed by atoms with Crippen molar-refractivity contribution in [3.8, 4) is 5.69 Å². The number of piperazine rings is 1. The van der Waals surface area contributed by atoms with Crippen molar-refractivity contribution in [2.24, 2.45) is 0 Å². The topological polar surface area (TPSA) is 67.2 Å². The average molecular weight is 465 g/mol. The maximum absolute atomic E-state index is 12.9. The highest BCUT2D eigenvalue weighted by atomic mass is 32.2. The standard InChI is InChI=1S/C25H32N6OS/c1-17(2)24-27-20(5)15-22(28-24)29-8-10-30(11-9-29)23(32)16-33-25-26-6-7-31(25)21-13-18(3)12-19(4)14-21/h6-7,12-15,17H,8-11,16H2,1-5H3. The molecule has 2 aromatic heterocycles. The van der Waals surface area contributed by atoms with E-state index in [1.807, 2.05) is 24.1 Å². The molecule has 0 unspecified atom stereocenters. The van der Waals surface area contributed by atoms with E-state index in [9.17, 15) is 4.79 Å². The van der Waals surface area contributed by atoms with E-state index in [0.29, 0.717) is 24.8 Å². The van der Waals surface area contributed by atoms with E-state index < -0.39 is 0 Å². The zero-order chi connectivity index (χ0) is 23.5. The van der Waals surface area contributed by atoms with Gasteiger partial charge in [-0.1, -0.05) is 31.7 Å². The molecule has 4 rings (SSSR count). The summed E-state index contributed by atoms with van der Waals surface area (Å²) in [4.78, 5) is 30.9. The fourth-order valence-corrected chi connectivity index (χ4v) is 4.96. The predicted molar refractivity (Wildman–Crippen MR) is 133 cm³/mol. The summed E-state index contributed by atoms with van der Waals surface area (Å²) in [7, 11) is 0. The van der Waals surface area contributed by atoms with Gasteiger partial charge in [0.25, 0.3) is 0 Å². The Morgan fingerprint density at radius 3 is 2.36 bits per heavy atom. The van der Waals surface area contributed by atoms with Crippen molar-refractivity contribution >= 4 is 23.5 Å². The number of amides is 1. The Morgan fingerprint density at radius 1 is 1.00 bits per heavy atom. The van der Waals surface area contributed by atoms with Crippen molar-refractivity contribution in [2.75, 3.05) is 36.8 Å². The molecule has 1 saturated heterocycles. The predicted octanol–water partition coefficient (Wildman–Crippen LogP) is 4.15. The van der Waals surface area contributed by atoms with Gasteiger partial charge in [0.05, 0.1) is 5.75 Å². The number of hydrogen-bond donors (Lipinski definition) is 0. The molecule has 0 atom stereocenters. The highest BCUT2D eigenvalue weighted by molar-refractivity contribution is 7.99. The van der Waals surface area contributed by atoms with Crippen molar-refractivity contribution in [2.45, 2.75) is 45.7 Å². The summed E-state index contributed by atoms with van der Waals surface area (Å²) in [5.41, 5.74) is 4.48. The first-order chi connectivity index (χ1) is 15.8. The molecule has 3 heterocycles. The van der Waals surface area contributed by atoms with Gasteiger partial charge in [-0.15, -0.1) is 0 Å². The minimum atomic E-state index is 0.149. The molecule has 33 heavy (non-hydrogen) atoms. The van der Waals surface area contributed by atoms with Crippen molar-refractivity contribution in [3.05, 3.63) is 59.3 Å². The minimum absolute atomic E-state index is 0.149. The van der Waals surface area contributed by atoms with Gasteiger partial charge in [-0.25, -0.2) is 15.0 Å². The molecule has 1 aliphatic heterocycles. The quantitative estimate of drug-likeness (QED) is 0.511. The molecule has 0 bridgehead atoms. The lowest BCUT2D eigenvalue weighted by Crippen LogP contribution is -2.49. The fraction of sp³-hybridized carbons (Fsp3) is 0.440. The highest BCUT2D eigenvalue weighted by Crippen LogP contribution is 2.23. The second-order valence-electron chi connectivity index (χ2n) is 8.96. The molecule has 174 valence electrons. The van der Waals surface area contributed by atoms with Gasteiger partial charge < -0.3 is 9.80 Å². The van der Waals surface area contributed by atoms with Crippen LogP contribution >= 0.6 is 11.8 Å². The van der Waals surface area contributed by atoms with Crippen molar-refractivity contribution in [1.29, 1.82) is 0 Å². The summed E-state index contributed by atoms with van der Waals surface area (Å²) in [5, 5.41) is 0.838. The van der Waals surface area contributed by atoms with Gasteiger partial charge in [-0.2, -0.15) is 0 Å². The van der Waals surface area contributed by atoms with Crippen LogP contribution in [0.5, 0.6) is 0 Å². The molecule has 0 spiro atoms. The molecule has 8 heteroatoms. The molecule has 0 aliphatic carbocycles. The number of hydrogen-bond acceptors (Lipinski definition) is 6. The number of benzene rings is 1. The molecule has 1 fully saturated rings. The van der Waals surface area contributed by atoms with Gasteiger partial charge in [0.2, 0.25) is 5.91 Å². The van der Waals surface area contributed by atoms with Crippen LogP contribution in [0.3, 0.4) is 0 Å². The van der Waals surface area contributed by atoms with Crippen LogP contribution in [0.25, 0.3) is 5.69 Å². The molecule has 1 aliphatic rings. The molecule has 1 amide bonds. The Labute approximate surface area is 200 Å². The van der Waals surface area contributed by atoms with Gasteiger partial charge in [0.15, 0.2) is 5.16 Å². The van der Waals surface area contributed by atoms with E-state index in [4.69, 9.17) is 4.98 Å². The number of imidazole rings is 1. The molecular formula is C25H32N6OS. The van der Waals surface area contributed by atoms with Gasteiger partial charge in [-0.3, -0.25) is 9.36 Å². The fourth-order valence-electron chi connectivity index (χ4n) is 4.08. The number of thioether (sulfide) groups is 1. The van der Waals surface area contributed by atoms with Gasteiger partial charge in [-0.05, 0) is 44.0 Å². The van der Waals surface area contributed by atoms with E-state index in [-0.39, 0.29) is 5.91 Å². The molecule has 0 radical (unpaired) electrons. The maximum Gasteiger partial charge on any atom is 0.233 e. The number of aryl methyl sites for hydroxylation is 3. The molecular weight excluding hydrogens is 432 g/mol. The maximum atomic E-state index is 12.9. The monoisotopic (exact) mass is 464 g/mol. The summed E-state index contributed by atoms with van der Waals surface area (Å²) in [6, 6.07) is 8.47. The van der Waals surface area contributed by atoms with Crippen LogP contribution < -0.4 is 4.90 Å². The molecule has 7 nitrogen and oxygen atoms in total. The second-order valence-corrected chi connectivity index (χ2v) is 9.91. The first-order valence-electron chi connectivity index (χ1n) is 11.4. The number of nitrogens with zero attached hydrogens (tertiary/aromatic N) is 6. The Balaban J connectivity index is 1.35. The highest BCUT2D eigenvalue weighted by Gasteiger charge is 2.23. The smallest absolute Gasteiger partial charge is 0.233 e. The summed E-state index contributed by atoms with van der Waals surface area (Å²) in [5.74, 6) is 2.66. The van der Waals surface area contributed by atoms with E-state index in [1.165, 1.54) is 22.9 Å². The Kier molecular flexibility index (Phi) is 7.02. The summed E-state index contributed by atoms with van der Waals surface area (Å²) in [6.45, 7) is 13.4. The molecule has 0 N–H and O–H groups in total. The largest absolute Gasteiger partial charge is 0.353 e. The zero-order valence-corrected chi connectivity index (χ0v) is 20.9. The van der Waals surface area contributed by atoms with Gasteiger partial charge >= 0.3 is 0 Å². The number of anilines is 1. The minimum Gasteiger partial charge on any atom is -0.353 e. The lowest BCUT2D eigenvalue weighted by atomic mass is 10.1. The van der Waals surface area contributed by atoms with E-state index in [1.54, 1.807) is 6.20 Å². The lowest BCUT2D eigenvalue weighted by Gasteiger charge is -2.35. The first kappa shape index (κ1) is 23.3. The third-order valence-electron chi connectivity index (χ3n) is 5.75. The number of carbonyl (C=O) groups excluding carboxylic acids is 1. The summed E-state index contributed by atoms with van der Waals surface area (Å²) < 4.78 is 2.06. The normalized spacial score (nSPS) is 14.2. The van der Waals surface area contributed by atoms with Gasteiger partial charge in [0, 0.05) is 61.9 Å². The van der Waals surface area contributed by atoms with E-state index in [2.05, 4.69) is 65.3 Å². The zero-order valence-electron chi connectivity index (χ0n) is 20.1. The van der Waals surface area contributed by atoms with Crippen LogP contribution in [0.4, 0.5) is 5.82 Å². The summed E-state index contributed by atoms with van der Waals surface area (Å²) in [6.07, 6.45) is 3.74. The van der Waals surface area contributed by atoms with Crippen LogP contribution in [-0.2, 0) is 4.79 Å². The van der Waals surface area contributed by atoms with Crippen LogP contribution in [0.15, 0.2) is 41.8 Å². The number of rotatable bonds is 6. The second kappa shape index (κ2) is 9.95. The Bertz CT molecular complexity index is 1110. The molecule has 0 saturated carbocycles. The Morgan fingerprint density at radius 2 is 1.70 bits per heavy atom. The summed E-state index contributed by atoms with van der Waals surface area (Å²) >= 11 is 1.49. The molecule has 3 aromatic rings. The lowest BCUT2D eigenvalue weighted by molar-refractivity contribution is -0.128. The SMILES string of the molecule is Cc1cc(C)cc(-n2ccnc2SCC(=O)N2CCN(c3cc(C)nc(C(C)C)n3)CC2)c1. The molecule has 1 aromatic carbocycles. The van der Waals surface area contributed by atoms with Crippen molar-refractivity contribution in [3.63, 3.8) is 0 Å². The average Bonchev–Trinajstić information content (AvgIpc) is 3.25. The van der Waals surface area contributed by atoms with Gasteiger partial charge in [0.1, 0.15) is 11.6 Å². The van der Waals surface area contributed by atoms with Crippen molar-refractivity contribution in [1.82, 2.24) is 24.4 Å². The number of carbonyl (C=O) groups is 1. The van der Waals surface area contributed by atoms with Crippen LogP contribution in [-0.4, -0.2) is 62.3 Å². The van der Waals surface area contributed by atoms with E-state index in [0.717, 1.165) is 41.3 Å². The van der Waals surface area contributed by atoms with Crippen LogP contribution in [0.1, 0.15) is 42.4 Å². The van der Waals surface area contributed by atoms with Crippen molar-refractivity contribution < 1.29 is 4.79 Å². The third kappa shape index (κ3) is 5.55. The first-order valence-corrected chi connectivity index (χ1v) is 12.4.